The lowest BCUT2D eigenvalue weighted by atomic mass is 10.1. The number of furan rings is 1. The van der Waals surface area contributed by atoms with Crippen LogP contribution in [-0.2, 0) is 11.2 Å². The SMILES string of the molecule is C=CCNC(=O)c1ccccc1NC(=O)CCc1ccc(-c2ccc(OC)cc2)o1. The Morgan fingerprint density at radius 2 is 1.83 bits per heavy atom. The van der Waals surface area contributed by atoms with Crippen LogP contribution >= 0.6 is 0 Å². The highest BCUT2D eigenvalue weighted by Crippen LogP contribution is 2.25. The fourth-order valence-electron chi connectivity index (χ4n) is 2.92. The quantitative estimate of drug-likeness (QED) is 0.517. The average Bonchev–Trinajstić information content (AvgIpc) is 3.25. The van der Waals surface area contributed by atoms with Gasteiger partial charge in [0, 0.05) is 24.9 Å². The second-order valence-electron chi connectivity index (χ2n) is 6.59. The molecule has 0 saturated carbocycles. The van der Waals surface area contributed by atoms with E-state index < -0.39 is 0 Å². The summed E-state index contributed by atoms with van der Waals surface area (Å²) in [5, 5.41) is 5.52. The van der Waals surface area contributed by atoms with Crippen LogP contribution in [0.3, 0.4) is 0 Å². The minimum Gasteiger partial charge on any atom is -0.497 e. The maximum atomic E-state index is 12.4. The number of para-hydroxylation sites is 1. The van der Waals surface area contributed by atoms with Gasteiger partial charge in [0.15, 0.2) is 0 Å². The van der Waals surface area contributed by atoms with Crippen molar-refractivity contribution >= 4 is 17.5 Å². The highest BCUT2D eigenvalue weighted by molar-refractivity contribution is 6.03. The Morgan fingerprint density at radius 1 is 1.07 bits per heavy atom. The minimum absolute atomic E-state index is 0.193. The number of carbonyl (C=O) groups is 2. The second kappa shape index (κ2) is 10.1. The van der Waals surface area contributed by atoms with Crippen LogP contribution < -0.4 is 15.4 Å². The molecule has 154 valence electrons. The van der Waals surface area contributed by atoms with Crippen LogP contribution in [0.1, 0.15) is 22.5 Å². The van der Waals surface area contributed by atoms with Crippen molar-refractivity contribution in [2.24, 2.45) is 0 Å². The number of amides is 2. The maximum Gasteiger partial charge on any atom is 0.253 e. The first-order valence-electron chi connectivity index (χ1n) is 9.62. The molecule has 3 rings (SSSR count). The fraction of sp³-hybridized carbons (Fsp3) is 0.167. The molecule has 1 heterocycles. The van der Waals surface area contributed by atoms with E-state index in [0.29, 0.717) is 30.0 Å². The number of nitrogens with one attached hydrogen (secondary N) is 2. The van der Waals surface area contributed by atoms with Gasteiger partial charge in [0.25, 0.3) is 5.91 Å². The van der Waals surface area contributed by atoms with E-state index in [-0.39, 0.29) is 18.2 Å². The molecule has 0 saturated heterocycles. The molecule has 6 heteroatoms. The van der Waals surface area contributed by atoms with E-state index in [1.165, 1.54) is 0 Å². The zero-order chi connectivity index (χ0) is 21.3. The largest absolute Gasteiger partial charge is 0.497 e. The van der Waals surface area contributed by atoms with Gasteiger partial charge in [-0.1, -0.05) is 18.2 Å². The summed E-state index contributed by atoms with van der Waals surface area (Å²) in [7, 11) is 1.62. The Balaban J connectivity index is 1.58. The minimum atomic E-state index is -0.263. The third kappa shape index (κ3) is 5.38. The molecule has 0 atom stereocenters. The Bertz CT molecular complexity index is 1020. The van der Waals surface area contributed by atoms with E-state index in [0.717, 1.165) is 17.1 Å². The normalized spacial score (nSPS) is 10.3. The molecule has 2 amide bonds. The molecule has 0 aliphatic rings. The predicted molar refractivity (Wildman–Crippen MR) is 117 cm³/mol. The summed E-state index contributed by atoms with van der Waals surface area (Å²) in [6.07, 6.45) is 2.29. The van der Waals surface area contributed by atoms with Gasteiger partial charge in [-0.25, -0.2) is 0 Å². The molecule has 6 nitrogen and oxygen atoms in total. The second-order valence-corrected chi connectivity index (χ2v) is 6.59. The summed E-state index contributed by atoms with van der Waals surface area (Å²) < 4.78 is 11.0. The van der Waals surface area contributed by atoms with Gasteiger partial charge in [-0.15, -0.1) is 6.58 Å². The molecular weight excluding hydrogens is 380 g/mol. The zero-order valence-corrected chi connectivity index (χ0v) is 16.8. The Hall–Kier alpha value is -3.80. The molecule has 0 spiro atoms. The summed E-state index contributed by atoms with van der Waals surface area (Å²) in [5.74, 6) is 1.77. The van der Waals surface area contributed by atoms with Crippen molar-refractivity contribution in [2.45, 2.75) is 12.8 Å². The molecule has 2 N–H and O–H groups in total. The van der Waals surface area contributed by atoms with Crippen molar-refractivity contribution in [1.29, 1.82) is 0 Å². The van der Waals surface area contributed by atoms with Crippen LogP contribution in [0.15, 0.2) is 77.7 Å². The van der Waals surface area contributed by atoms with E-state index in [1.54, 1.807) is 37.5 Å². The number of ether oxygens (including phenoxy) is 1. The molecule has 30 heavy (non-hydrogen) atoms. The lowest BCUT2D eigenvalue weighted by molar-refractivity contribution is -0.116. The molecule has 0 aliphatic heterocycles. The van der Waals surface area contributed by atoms with Crippen LogP contribution in [-0.4, -0.2) is 25.5 Å². The third-order valence-corrected chi connectivity index (χ3v) is 4.49. The molecular formula is C24H24N2O4. The number of aryl methyl sites for hydroxylation is 1. The first-order chi connectivity index (χ1) is 14.6. The molecule has 0 unspecified atom stereocenters. The van der Waals surface area contributed by atoms with E-state index in [4.69, 9.17) is 9.15 Å². The molecule has 0 bridgehead atoms. The summed E-state index contributed by atoms with van der Waals surface area (Å²) in [5.41, 5.74) is 1.82. The van der Waals surface area contributed by atoms with Crippen molar-refractivity contribution < 1.29 is 18.7 Å². The molecule has 3 aromatic rings. The summed E-state index contributed by atoms with van der Waals surface area (Å²) in [4.78, 5) is 24.6. The first-order valence-corrected chi connectivity index (χ1v) is 9.62. The van der Waals surface area contributed by atoms with Crippen LogP contribution in [0.4, 0.5) is 5.69 Å². The Kier molecular flexibility index (Phi) is 7.05. The van der Waals surface area contributed by atoms with Crippen molar-refractivity contribution in [3.63, 3.8) is 0 Å². The Morgan fingerprint density at radius 3 is 2.57 bits per heavy atom. The number of hydrogen-bond donors (Lipinski definition) is 2. The van der Waals surface area contributed by atoms with Crippen molar-refractivity contribution in [1.82, 2.24) is 5.32 Å². The van der Waals surface area contributed by atoms with Crippen molar-refractivity contribution in [3.05, 3.63) is 84.6 Å². The van der Waals surface area contributed by atoms with Crippen LogP contribution in [0.2, 0.25) is 0 Å². The molecule has 0 radical (unpaired) electrons. The highest BCUT2D eigenvalue weighted by atomic mass is 16.5. The smallest absolute Gasteiger partial charge is 0.253 e. The van der Waals surface area contributed by atoms with Crippen LogP contribution in [0, 0.1) is 0 Å². The van der Waals surface area contributed by atoms with E-state index in [2.05, 4.69) is 17.2 Å². The average molecular weight is 404 g/mol. The number of benzene rings is 2. The van der Waals surface area contributed by atoms with Crippen LogP contribution in [0.5, 0.6) is 5.75 Å². The van der Waals surface area contributed by atoms with E-state index in [1.807, 2.05) is 36.4 Å². The topological polar surface area (TPSA) is 80.6 Å². The number of methoxy groups -OCH3 is 1. The van der Waals surface area contributed by atoms with Gasteiger partial charge in [-0.05, 0) is 48.5 Å². The third-order valence-electron chi connectivity index (χ3n) is 4.49. The van der Waals surface area contributed by atoms with Gasteiger partial charge in [0.1, 0.15) is 17.3 Å². The fourth-order valence-corrected chi connectivity index (χ4v) is 2.92. The lowest BCUT2D eigenvalue weighted by Gasteiger charge is -2.10. The highest BCUT2D eigenvalue weighted by Gasteiger charge is 2.13. The molecule has 2 aromatic carbocycles. The van der Waals surface area contributed by atoms with Gasteiger partial charge >= 0.3 is 0 Å². The van der Waals surface area contributed by atoms with Gasteiger partial charge in [0.2, 0.25) is 5.91 Å². The van der Waals surface area contributed by atoms with Crippen molar-refractivity contribution in [3.8, 4) is 17.1 Å². The van der Waals surface area contributed by atoms with E-state index >= 15 is 0 Å². The molecule has 1 aromatic heterocycles. The van der Waals surface area contributed by atoms with Gasteiger partial charge in [-0.2, -0.15) is 0 Å². The standard InChI is InChI=1S/C24H24N2O4/c1-3-16-25-24(28)20-6-4-5-7-21(20)26-23(27)15-13-19-12-14-22(30-19)17-8-10-18(29-2)11-9-17/h3-12,14H,1,13,15-16H2,2H3,(H,25,28)(H,26,27). The van der Waals surface area contributed by atoms with Crippen LogP contribution in [0.25, 0.3) is 11.3 Å². The monoisotopic (exact) mass is 404 g/mol. The first kappa shape index (κ1) is 20.9. The summed E-state index contributed by atoms with van der Waals surface area (Å²) in [6.45, 7) is 3.94. The molecule has 0 aliphatic carbocycles. The summed E-state index contributed by atoms with van der Waals surface area (Å²) in [6, 6.07) is 18.2. The van der Waals surface area contributed by atoms with Gasteiger partial charge in [0.05, 0.1) is 18.4 Å². The van der Waals surface area contributed by atoms with Gasteiger partial charge < -0.3 is 19.8 Å². The summed E-state index contributed by atoms with van der Waals surface area (Å²) >= 11 is 0. The lowest BCUT2D eigenvalue weighted by Crippen LogP contribution is -2.25. The van der Waals surface area contributed by atoms with Gasteiger partial charge in [-0.3, -0.25) is 9.59 Å². The van der Waals surface area contributed by atoms with Crippen molar-refractivity contribution in [2.75, 3.05) is 19.0 Å². The van der Waals surface area contributed by atoms with E-state index in [9.17, 15) is 9.59 Å². The molecule has 0 fully saturated rings. The zero-order valence-electron chi connectivity index (χ0n) is 16.8. The Labute approximate surface area is 175 Å². The number of rotatable bonds is 9. The predicted octanol–water partition coefficient (Wildman–Crippen LogP) is 4.44. The maximum absolute atomic E-state index is 12.4. The number of anilines is 1. The number of hydrogen-bond acceptors (Lipinski definition) is 4. The number of carbonyl (C=O) groups excluding carboxylic acids is 2.